The Morgan fingerprint density at radius 1 is 0.800 bits per heavy atom. The van der Waals surface area contributed by atoms with Crippen molar-refractivity contribution in [2.75, 3.05) is 0 Å². The fraction of sp³-hybridized carbons (Fsp3) is 0. The monoisotopic (exact) mass is 263 g/mol. The summed E-state index contributed by atoms with van der Waals surface area (Å²) in [6.45, 7) is 0. The first kappa shape index (κ1) is 10.9. The summed E-state index contributed by atoms with van der Waals surface area (Å²) < 4.78 is 11.3. The highest BCUT2D eigenvalue weighted by atomic mass is 16.4. The highest BCUT2D eigenvalue weighted by Crippen LogP contribution is 2.28. The predicted octanol–water partition coefficient (Wildman–Crippen LogP) is 3.54. The summed E-state index contributed by atoms with van der Waals surface area (Å²) in [4.78, 5) is 4.17. The normalized spacial score (nSPS) is 11.0. The molecule has 0 amide bonds. The molecule has 4 aromatic rings. The van der Waals surface area contributed by atoms with E-state index in [-0.39, 0.29) is 0 Å². The van der Waals surface area contributed by atoms with Crippen molar-refractivity contribution in [3.05, 3.63) is 54.7 Å². The van der Waals surface area contributed by atoms with Crippen molar-refractivity contribution in [3.63, 3.8) is 0 Å². The van der Waals surface area contributed by atoms with Gasteiger partial charge in [-0.1, -0.05) is 24.3 Å². The second-order valence-electron chi connectivity index (χ2n) is 4.28. The molecule has 0 spiro atoms. The molecule has 0 N–H and O–H groups in total. The molecule has 0 fully saturated rings. The van der Waals surface area contributed by atoms with Crippen molar-refractivity contribution in [3.8, 4) is 23.2 Å². The summed E-state index contributed by atoms with van der Waals surface area (Å²) in [6.07, 6.45) is 1.68. The van der Waals surface area contributed by atoms with Crippen molar-refractivity contribution in [2.24, 2.45) is 0 Å². The Labute approximate surface area is 113 Å². The average molecular weight is 263 g/mol. The number of aromatic nitrogens is 3. The van der Waals surface area contributed by atoms with E-state index in [0.29, 0.717) is 23.2 Å². The topological polar surface area (TPSA) is 65.0 Å². The molecule has 3 aromatic heterocycles. The lowest BCUT2D eigenvalue weighted by molar-refractivity contribution is 0.540. The first-order valence-electron chi connectivity index (χ1n) is 6.14. The maximum atomic E-state index is 5.69. The first-order chi connectivity index (χ1) is 9.90. The molecule has 0 aliphatic rings. The zero-order valence-electron chi connectivity index (χ0n) is 10.4. The molecule has 0 saturated heterocycles. The first-order valence-corrected chi connectivity index (χ1v) is 6.14. The summed E-state index contributed by atoms with van der Waals surface area (Å²) in [6, 6.07) is 15.1. The van der Waals surface area contributed by atoms with Crippen LogP contribution in [0.15, 0.2) is 63.6 Å². The summed E-state index contributed by atoms with van der Waals surface area (Å²) in [7, 11) is 0. The van der Waals surface area contributed by atoms with Gasteiger partial charge in [0, 0.05) is 11.6 Å². The Balaban J connectivity index is 1.78. The Bertz CT molecular complexity index is 832. The van der Waals surface area contributed by atoms with E-state index in [9.17, 15) is 0 Å². The van der Waals surface area contributed by atoms with Crippen LogP contribution in [0.5, 0.6) is 0 Å². The molecule has 5 heteroatoms. The number of pyridine rings is 1. The Hall–Kier alpha value is -2.95. The molecule has 20 heavy (non-hydrogen) atoms. The number of rotatable bonds is 2. The maximum Gasteiger partial charge on any atom is 0.284 e. The van der Waals surface area contributed by atoms with Crippen LogP contribution in [0.1, 0.15) is 0 Å². The Morgan fingerprint density at radius 3 is 2.50 bits per heavy atom. The molecular formula is C15H9N3O2. The van der Waals surface area contributed by atoms with Crippen LogP contribution in [0, 0.1) is 0 Å². The maximum absolute atomic E-state index is 5.69. The van der Waals surface area contributed by atoms with Crippen molar-refractivity contribution < 1.29 is 8.83 Å². The largest absolute Gasteiger partial charge is 0.451 e. The van der Waals surface area contributed by atoms with E-state index in [1.165, 1.54) is 0 Å². The number of fused-ring (bicyclic) bond motifs is 1. The van der Waals surface area contributed by atoms with Crippen molar-refractivity contribution in [1.29, 1.82) is 0 Å². The molecule has 1 aromatic carbocycles. The fourth-order valence-corrected chi connectivity index (χ4v) is 2.00. The van der Waals surface area contributed by atoms with E-state index in [2.05, 4.69) is 15.2 Å². The predicted molar refractivity (Wildman–Crippen MR) is 72.7 cm³/mol. The van der Waals surface area contributed by atoms with Crippen LogP contribution in [-0.2, 0) is 0 Å². The second kappa shape index (κ2) is 4.31. The lowest BCUT2D eigenvalue weighted by Crippen LogP contribution is -1.80. The SMILES string of the molecule is c1ccc(-c2nnc(-c3cc4ccccc4o3)o2)nc1. The molecule has 0 saturated carbocycles. The van der Waals surface area contributed by atoms with Crippen LogP contribution in [0.2, 0.25) is 0 Å². The molecule has 0 aliphatic heterocycles. The van der Waals surface area contributed by atoms with Crippen LogP contribution in [0.3, 0.4) is 0 Å². The van der Waals surface area contributed by atoms with Gasteiger partial charge in [0.2, 0.25) is 0 Å². The van der Waals surface area contributed by atoms with Crippen LogP contribution in [-0.4, -0.2) is 15.2 Å². The van der Waals surface area contributed by atoms with E-state index in [4.69, 9.17) is 8.83 Å². The van der Waals surface area contributed by atoms with E-state index >= 15 is 0 Å². The molecule has 0 radical (unpaired) electrons. The Kier molecular flexibility index (Phi) is 2.35. The summed E-state index contributed by atoms with van der Waals surface area (Å²) in [5.41, 5.74) is 1.43. The van der Waals surface area contributed by atoms with E-state index in [1.807, 2.05) is 48.5 Å². The zero-order valence-corrected chi connectivity index (χ0v) is 10.4. The van der Waals surface area contributed by atoms with Gasteiger partial charge in [-0.15, -0.1) is 10.2 Å². The van der Waals surface area contributed by atoms with Gasteiger partial charge in [-0.3, -0.25) is 4.98 Å². The number of para-hydroxylation sites is 1. The van der Waals surface area contributed by atoms with Crippen LogP contribution < -0.4 is 0 Å². The highest BCUT2D eigenvalue weighted by molar-refractivity contribution is 5.81. The fourth-order valence-electron chi connectivity index (χ4n) is 2.00. The Morgan fingerprint density at radius 2 is 1.65 bits per heavy atom. The van der Waals surface area contributed by atoms with Gasteiger partial charge in [-0.2, -0.15) is 0 Å². The van der Waals surface area contributed by atoms with Gasteiger partial charge in [0.25, 0.3) is 11.8 Å². The lowest BCUT2D eigenvalue weighted by Gasteiger charge is -1.90. The van der Waals surface area contributed by atoms with Gasteiger partial charge in [0.15, 0.2) is 5.76 Å². The molecule has 96 valence electrons. The van der Waals surface area contributed by atoms with Crippen molar-refractivity contribution in [2.45, 2.75) is 0 Å². The van der Waals surface area contributed by atoms with Gasteiger partial charge >= 0.3 is 0 Å². The van der Waals surface area contributed by atoms with Gasteiger partial charge in [0.05, 0.1) is 0 Å². The molecule has 0 aliphatic carbocycles. The molecule has 0 unspecified atom stereocenters. The number of benzene rings is 1. The van der Waals surface area contributed by atoms with Crippen LogP contribution in [0.4, 0.5) is 0 Å². The van der Waals surface area contributed by atoms with Crippen molar-refractivity contribution in [1.82, 2.24) is 15.2 Å². The smallest absolute Gasteiger partial charge is 0.284 e. The minimum absolute atomic E-state index is 0.349. The number of furan rings is 1. The quantitative estimate of drug-likeness (QED) is 0.553. The van der Waals surface area contributed by atoms with Crippen molar-refractivity contribution >= 4 is 11.0 Å². The van der Waals surface area contributed by atoms with E-state index < -0.39 is 0 Å². The average Bonchev–Trinajstić information content (AvgIpc) is 3.14. The second-order valence-corrected chi connectivity index (χ2v) is 4.28. The van der Waals surface area contributed by atoms with Crippen LogP contribution >= 0.6 is 0 Å². The third-order valence-electron chi connectivity index (χ3n) is 2.95. The lowest BCUT2D eigenvalue weighted by atomic mass is 10.2. The van der Waals surface area contributed by atoms with E-state index in [1.54, 1.807) is 6.20 Å². The minimum Gasteiger partial charge on any atom is -0.451 e. The molecular weight excluding hydrogens is 254 g/mol. The zero-order chi connectivity index (χ0) is 13.4. The highest BCUT2D eigenvalue weighted by Gasteiger charge is 2.14. The van der Waals surface area contributed by atoms with E-state index in [0.717, 1.165) is 11.0 Å². The van der Waals surface area contributed by atoms with Gasteiger partial charge in [-0.25, -0.2) is 0 Å². The number of nitrogens with zero attached hydrogens (tertiary/aromatic N) is 3. The molecule has 3 heterocycles. The molecule has 5 nitrogen and oxygen atoms in total. The summed E-state index contributed by atoms with van der Waals surface area (Å²) >= 11 is 0. The van der Waals surface area contributed by atoms with Gasteiger partial charge in [-0.05, 0) is 24.3 Å². The summed E-state index contributed by atoms with van der Waals surface area (Å²) in [5.74, 6) is 1.28. The number of hydrogen-bond donors (Lipinski definition) is 0. The van der Waals surface area contributed by atoms with Gasteiger partial charge < -0.3 is 8.83 Å². The third kappa shape index (κ3) is 1.76. The molecule has 4 rings (SSSR count). The summed E-state index contributed by atoms with van der Waals surface area (Å²) in [5, 5.41) is 9.00. The standard InChI is InChI=1S/C15H9N3O2/c1-2-7-12-10(5-1)9-13(19-12)15-18-17-14(20-15)11-6-3-4-8-16-11/h1-9H. The number of hydrogen-bond acceptors (Lipinski definition) is 5. The van der Waals surface area contributed by atoms with Gasteiger partial charge in [0.1, 0.15) is 11.3 Å². The molecule has 0 atom stereocenters. The minimum atomic E-state index is 0.349. The third-order valence-corrected chi connectivity index (χ3v) is 2.95. The molecule has 0 bridgehead atoms. The van der Waals surface area contributed by atoms with Crippen LogP contribution in [0.25, 0.3) is 34.2 Å².